The van der Waals surface area contributed by atoms with Gasteiger partial charge in [0.1, 0.15) is 0 Å². The number of hydrogen-bond acceptors (Lipinski definition) is 6. The molecular formula is C24H23N5O2S2. The van der Waals surface area contributed by atoms with Gasteiger partial charge in [0.05, 0.1) is 11.4 Å². The molecule has 0 saturated carbocycles. The third-order valence-electron chi connectivity index (χ3n) is 4.75. The lowest BCUT2D eigenvalue weighted by Crippen LogP contribution is -2.39. The van der Waals surface area contributed by atoms with Crippen LogP contribution >= 0.6 is 23.1 Å². The Balaban J connectivity index is 1.32. The molecule has 0 fully saturated rings. The molecule has 0 atom stereocenters. The van der Waals surface area contributed by atoms with E-state index in [2.05, 4.69) is 37.5 Å². The number of nitrogens with one attached hydrogen (secondary N) is 2. The van der Waals surface area contributed by atoms with E-state index in [1.165, 1.54) is 11.8 Å². The normalized spacial score (nSPS) is 10.7. The number of imide groups is 1. The Labute approximate surface area is 200 Å². The van der Waals surface area contributed by atoms with E-state index < -0.39 is 6.03 Å². The van der Waals surface area contributed by atoms with Crippen LogP contribution in [0.15, 0.2) is 83.3 Å². The molecule has 0 radical (unpaired) electrons. The standard InChI is InChI=1S/C24H23N5O2S2/c30-21(26-23(31)25-16-18-8-3-1-4-9-18)13-15-33-24-28-27-22(20-12-7-14-32-20)29(24)17-19-10-5-2-6-11-19/h1-12,14H,13,15-17H2,(H2,25,26,30,31). The van der Waals surface area contributed by atoms with Crippen LogP contribution < -0.4 is 10.6 Å². The third-order valence-corrected chi connectivity index (χ3v) is 6.59. The van der Waals surface area contributed by atoms with E-state index in [0.29, 0.717) is 18.8 Å². The quantitative estimate of drug-likeness (QED) is 0.345. The smallest absolute Gasteiger partial charge is 0.321 e. The molecule has 0 bridgehead atoms. The van der Waals surface area contributed by atoms with Gasteiger partial charge in [-0.3, -0.25) is 14.7 Å². The Morgan fingerprint density at radius 1 is 0.909 bits per heavy atom. The van der Waals surface area contributed by atoms with Gasteiger partial charge >= 0.3 is 6.03 Å². The van der Waals surface area contributed by atoms with E-state index in [1.807, 2.05) is 66.0 Å². The first-order valence-corrected chi connectivity index (χ1v) is 12.3. The number of carbonyl (C=O) groups is 2. The molecule has 2 aromatic heterocycles. The Morgan fingerprint density at radius 2 is 1.64 bits per heavy atom. The number of aromatic nitrogens is 3. The summed E-state index contributed by atoms with van der Waals surface area (Å²) in [5, 5.41) is 16.6. The molecule has 3 amide bonds. The van der Waals surface area contributed by atoms with Gasteiger partial charge in [-0.2, -0.15) is 0 Å². The van der Waals surface area contributed by atoms with Crippen LogP contribution in [-0.2, 0) is 17.9 Å². The first kappa shape index (κ1) is 22.8. The van der Waals surface area contributed by atoms with E-state index in [0.717, 1.165) is 27.0 Å². The Hall–Kier alpha value is -3.43. The Morgan fingerprint density at radius 3 is 2.33 bits per heavy atom. The number of thioether (sulfide) groups is 1. The molecule has 4 rings (SSSR count). The topological polar surface area (TPSA) is 88.9 Å². The van der Waals surface area contributed by atoms with Crippen LogP contribution in [0.1, 0.15) is 17.5 Å². The lowest BCUT2D eigenvalue weighted by molar-refractivity contribution is -0.119. The lowest BCUT2D eigenvalue weighted by atomic mass is 10.2. The molecule has 0 saturated heterocycles. The zero-order valence-corrected chi connectivity index (χ0v) is 19.4. The van der Waals surface area contributed by atoms with E-state index in [-0.39, 0.29) is 12.3 Å². The molecule has 2 N–H and O–H groups in total. The molecule has 2 heterocycles. The molecule has 0 aliphatic rings. The maximum atomic E-state index is 12.2. The molecule has 0 aliphatic heterocycles. The predicted octanol–water partition coefficient (Wildman–Crippen LogP) is 4.56. The number of nitrogens with zero attached hydrogens (tertiary/aromatic N) is 3. The van der Waals surface area contributed by atoms with Crippen LogP contribution in [0.25, 0.3) is 10.7 Å². The number of thiophene rings is 1. The molecule has 2 aromatic carbocycles. The zero-order chi connectivity index (χ0) is 22.9. The minimum absolute atomic E-state index is 0.190. The summed E-state index contributed by atoms with van der Waals surface area (Å²) in [6.07, 6.45) is 0.190. The van der Waals surface area contributed by atoms with Crippen molar-refractivity contribution < 1.29 is 9.59 Å². The summed E-state index contributed by atoms with van der Waals surface area (Å²) >= 11 is 3.06. The fourth-order valence-electron chi connectivity index (χ4n) is 3.14. The largest absolute Gasteiger partial charge is 0.334 e. The summed E-state index contributed by atoms with van der Waals surface area (Å²) in [5.41, 5.74) is 2.11. The summed E-state index contributed by atoms with van der Waals surface area (Å²) in [7, 11) is 0. The summed E-state index contributed by atoms with van der Waals surface area (Å²) in [4.78, 5) is 25.2. The average molecular weight is 478 g/mol. The second-order valence-corrected chi connectivity index (χ2v) is 9.18. The summed E-state index contributed by atoms with van der Waals surface area (Å²) in [6.45, 7) is 1.00. The van der Waals surface area contributed by atoms with Crippen molar-refractivity contribution in [2.45, 2.75) is 24.7 Å². The molecule has 33 heavy (non-hydrogen) atoms. The third kappa shape index (κ3) is 6.53. The van der Waals surface area contributed by atoms with Gasteiger partial charge in [-0.15, -0.1) is 21.5 Å². The van der Waals surface area contributed by atoms with Crippen molar-refractivity contribution in [2.24, 2.45) is 0 Å². The highest BCUT2D eigenvalue weighted by molar-refractivity contribution is 7.99. The van der Waals surface area contributed by atoms with Crippen molar-refractivity contribution in [2.75, 3.05) is 5.75 Å². The predicted molar refractivity (Wildman–Crippen MR) is 131 cm³/mol. The first-order valence-electron chi connectivity index (χ1n) is 10.4. The number of carbonyl (C=O) groups excluding carboxylic acids is 2. The minimum Gasteiger partial charge on any atom is -0.334 e. The highest BCUT2D eigenvalue weighted by Crippen LogP contribution is 2.28. The maximum Gasteiger partial charge on any atom is 0.321 e. The maximum absolute atomic E-state index is 12.2. The van der Waals surface area contributed by atoms with E-state index in [9.17, 15) is 9.59 Å². The van der Waals surface area contributed by atoms with Gasteiger partial charge in [0.25, 0.3) is 0 Å². The summed E-state index contributed by atoms with van der Waals surface area (Å²) in [6, 6.07) is 23.2. The SMILES string of the molecule is O=C(CCSc1nnc(-c2cccs2)n1Cc1ccccc1)NC(=O)NCc1ccccc1. The van der Waals surface area contributed by atoms with Gasteiger partial charge in [0, 0.05) is 18.7 Å². The number of rotatable bonds is 9. The second kappa shape index (κ2) is 11.4. The highest BCUT2D eigenvalue weighted by atomic mass is 32.2. The highest BCUT2D eigenvalue weighted by Gasteiger charge is 2.16. The molecule has 9 heteroatoms. The number of benzene rings is 2. The van der Waals surface area contributed by atoms with Crippen LogP contribution in [0.5, 0.6) is 0 Å². The fraction of sp³-hybridized carbons (Fsp3) is 0.167. The van der Waals surface area contributed by atoms with Crippen LogP contribution in [0.4, 0.5) is 4.79 Å². The number of urea groups is 1. The fourth-order valence-corrected chi connectivity index (χ4v) is 4.73. The number of amides is 3. The lowest BCUT2D eigenvalue weighted by Gasteiger charge is -2.10. The Bertz CT molecular complexity index is 1180. The number of hydrogen-bond donors (Lipinski definition) is 2. The molecule has 0 aliphatic carbocycles. The second-order valence-electron chi connectivity index (χ2n) is 7.17. The minimum atomic E-state index is -0.499. The van der Waals surface area contributed by atoms with E-state index in [1.54, 1.807) is 11.3 Å². The average Bonchev–Trinajstić information content (AvgIpc) is 3.50. The van der Waals surface area contributed by atoms with Crippen LogP contribution in [0.3, 0.4) is 0 Å². The molecular weight excluding hydrogens is 454 g/mol. The van der Waals surface area contributed by atoms with Crippen molar-refractivity contribution in [3.8, 4) is 10.7 Å². The van der Waals surface area contributed by atoms with Crippen molar-refractivity contribution in [3.05, 3.63) is 89.3 Å². The monoisotopic (exact) mass is 477 g/mol. The van der Waals surface area contributed by atoms with Crippen LogP contribution in [0.2, 0.25) is 0 Å². The summed E-state index contributed by atoms with van der Waals surface area (Å²) in [5.74, 6) is 0.955. The van der Waals surface area contributed by atoms with Gasteiger partial charge in [0.15, 0.2) is 11.0 Å². The van der Waals surface area contributed by atoms with Crippen LogP contribution in [0, 0.1) is 0 Å². The molecule has 7 nitrogen and oxygen atoms in total. The van der Waals surface area contributed by atoms with Crippen molar-refractivity contribution in [1.82, 2.24) is 25.4 Å². The van der Waals surface area contributed by atoms with E-state index >= 15 is 0 Å². The van der Waals surface area contributed by atoms with Gasteiger partial charge < -0.3 is 5.32 Å². The van der Waals surface area contributed by atoms with Gasteiger partial charge in [-0.1, -0.05) is 78.5 Å². The first-order chi connectivity index (χ1) is 16.2. The van der Waals surface area contributed by atoms with E-state index in [4.69, 9.17) is 0 Å². The molecule has 0 spiro atoms. The van der Waals surface area contributed by atoms with Gasteiger partial charge in [-0.05, 0) is 22.6 Å². The zero-order valence-electron chi connectivity index (χ0n) is 17.8. The van der Waals surface area contributed by atoms with Gasteiger partial charge in [0.2, 0.25) is 5.91 Å². The van der Waals surface area contributed by atoms with Crippen molar-refractivity contribution >= 4 is 35.0 Å². The van der Waals surface area contributed by atoms with Crippen LogP contribution in [-0.4, -0.2) is 32.5 Å². The molecule has 4 aromatic rings. The van der Waals surface area contributed by atoms with Crippen molar-refractivity contribution in [1.29, 1.82) is 0 Å². The Kier molecular flexibility index (Phi) is 7.89. The molecule has 168 valence electrons. The summed E-state index contributed by atoms with van der Waals surface area (Å²) < 4.78 is 2.07. The molecule has 0 unspecified atom stereocenters. The van der Waals surface area contributed by atoms with Crippen molar-refractivity contribution in [3.63, 3.8) is 0 Å². The van der Waals surface area contributed by atoms with Gasteiger partial charge in [-0.25, -0.2) is 4.79 Å².